The molecule has 0 radical (unpaired) electrons. The molecule has 4 aromatic rings. The SMILES string of the molecule is Cc1ccccc1NC(=O)Cc1nnc2cc(-c3nc(C(C)C)no3)ccn12. The second-order valence-electron chi connectivity index (χ2n) is 6.91. The maximum atomic E-state index is 12.4. The Hall–Kier alpha value is -3.55. The van der Waals surface area contributed by atoms with Crippen LogP contribution in [0.4, 0.5) is 5.69 Å². The van der Waals surface area contributed by atoms with Crippen LogP contribution < -0.4 is 5.32 Å². The maximum absolute atomic E-state index is 12.4. The summed E-state index contributed by atoms with van der Waals surface area (Å²) in [5.41, 5.74) is 3.17. The van der Waals surface area contributed by atoms with Crippen molar-refractivity contribution >= 4 is 17.2 Å². The molecule has 3 heterocycles. The van der Waals surface area contributed by atoms with Gasteiger partial charge in [-0.1, -0.05) is 37.2 Å². The number of pyridine rings is 1. The van der Waals surface area contributed by atoms with Crippen LogP contribution in [0.1, 0.15) is 37.0 Å². The number of benzene rings is 1. The molecule has 0 aliphatic rings. The van der Waals surface area contributed by atoms with Crippen molar-refractivity contribution in [3.8, 4) is 11.5 Å². The number of fused-ring (bicyclic) bond motifs is 1. The fourth-order valence-electron chi connectivity index (χ4n) is 2.83. The fraction of sp³-hybridized carbons (Fsp3) is 0.250. The second-order valence-corrected chi connectivity index (χ2v) is 6.91. The summed E-state index contributed by atoms with van der Waals surface area (Å²) in [6.07, 6.45) is 1.92. The van der Waals surface area contributed by atoms with Gasteiger partial charge in [-0.2, -0.15) is 4.98 Å². The van der Waals surface area contributed by atoms with Crippen molar-refractivity contribution < 1.29 is 9.32 Å². The van der Waals surface area contributed by atoms with Crippen LogP contribution in [0.2, 0.25) is 0 Å². The molecule has 142 valence electrons. The van der Waals surface area contributed by atoms with Crippen LogP contribution >= 0.6 is 0 Å². The van der Waals surface area contributed by atoms with Crippen molar-refractivity contribution in [1.29, 1.82) is 0 Å². The predicted molar refractivity (Wildman–Crippen MR) is 104 cm³/mol. The van der Waals surface area contributed by atoms with E-state index in [-0.39, 0.29) is 18.2 Å². The van der Waals surface area contributed by atoms with Crippen LogP contribution in [0.3, 0.4) is 0 Å². The van der Waals surface area contributed by atoms with Crippen LogP contribution in [0.15, 0.2) is 47.1 Å². The van der Waals surface area contributed by atoms with E-state index >= 15 is 0 Å². The number of hydrogen-bond donors (Lipinski definition) is 1. The normalized spacial score (nSPS) is 11.3. The summed E-state index contributed by atoms with van der Waals surface area (Å²) in [6.45, 7) is 5.96. The summed E-state index contributed by atoms with van der Waals surface area (Å²) >= 11 is 0. The molecule has 3 aromatic heterocycles. The van der Waals surface area contributed by atoms with Crippen LogP contribution in [0.5, 0.6) is 0 Å². The largest absolute Gasteiger partial charge is 0.334 e. The molecule has 0 unspecified atom stereocenters. The molecule has 8 nitrogen and oxygen atoms in total. The first-order valence-electron chi connectivity index (χ1n) is 9.04. The molecule has 0 aliphatic carbocycles. The number of nitrogens with one attached hydrogen (secondary N) is 1. The van der Waals surface area contributed by atoms with Gasteiger partial charge in [-0.3, -0.25) is 9.20 Å². The van der Waals surface area contributed by atoms with E-state index < -0.39 is 0 Å². The summed E-state index contributed by atoms with van der Waals surface area (Å²) in [5, 5.41) is 15.2. The number of para-hydroxylation sites is 1. The number of carbonyl (C=O) groups excluding carboxylic acids is 1. The van der Waals surface area contributed by atoms with Crippen molar-refractivity contribution in [3.05, 3.63) is 59.8 Å². The zero-order valence-electron chi connectivity index (χ0n) is 15.9. The number of anilines is 1. The van der Waals surface area contributed by atoms with Gasteiger partial charge in [-0.25, -0.2) is 0 Å². The molecule has 1 amide bonds. The Morgan fingerprint density at radius 2 is 2.04 bits per heavy atom. The number of amides is 1. The molecule has 1 aromatic carbocycles. The van der Waals surface area contributed by atoms with E-state index in [9.17, 15) is 4.79 Å². The molecule has 8 heteroatoms. The Balaban J connectivity index is 1.54. The monoisotopic (exact) mass is 376 g/mol. The number of aromatic nitrogens is 5. The lowest BCUT2D eigenvalue weighted by atomic mass is 10.2. The molecule has 0 saturated carbocycles. The predicted octanol–water partition coefficient (Wildman–Crippen LogP) is 3.39. The highest BCUT2D eigenvalue weighted by Crippen LogP contribution is 2.21. The minimum atomic E-state index is -0.147. The summed E-state index contributed by atoms with van der Waals surface area (Å²) in [5.74, 6) is 1.69. The number of hydrogen-bond acceptors (Lipinski definition) is 6. The van der Waals surface area contributed by atoms with Crippen LogP contribution in [-0.2, 0) is 11.2 Å². The van der Waals surface area contributed by atoms with Gasteiger partial charge in [-0.05, 0) is 30.7 Å². The molecular formula is C20H20N6O2. The molecule has 0 aliphatic heterocycles. The lowest BCUT2D eigenvalue weighted by Crippen LogP contribution is -2.16. The van der Waals surface area contributed by atoms with E-state index in [4.69, 9.17) is 4.52 Å². The average Bonchev–Trinajstić information content (AvgIpc) is 3.31. The van der Waals surface area contributed by atoms with E-state index in [1.807, 2.05) is 57.2 Å². The maximum Gasteiger partial charge on any atom is 0.258 e. The molecule has 0 saturated heterocycles. The molecule has 0 spiro atoms. The first kappa shape index (κ1) is 17.8. The van der Waals surface area contributed by atoms with Crippen LogP contribution in [-0.4, -0.2) is 30.6 Å². The van der Waals surface area contributed by atoms with E-state index in [0.29, 0.717) is 23.2 Å². The molecule has 28 heavy (non-hydrogen) atoms. The van der Waals surface area contributed by atoms with Gasteiger partial charge < -0.3 is 9.84 Å². The molecular weight excluding hydrogens is 356 g/mol. The first-order valence-corrected chi connectivity index (χ1v) is 9.04. The number of rotatable bonds is 5. The summed E-state index contributed by atoms with van der Waals surface area (Å²) in [4.78, 5) is 16.8. The smallest absolute Gasteiger partial charge is 0.258 e. The van der Waals surface area contributed by atoms with Gasteiger partial charge in [-0.15, -0.1) is 10.2 Å². The third-order valence-corrected chi connectivity index (χ3v) is 4.42. The van der Waals surface area contributed by atoms with Crippen molar-refractivity contribution in [1.82, 2.24) is 24.7 Å². The van der Waals surface area contributed by atoms with Crippen molar-refractivity contribution in [2.24, 2.45) is 0 Å². The van der Waals surface area contributed by atoms with Gasteiger partial charge in [0.1, 0.15) is 5.82 Å². The average molecular weight is 376 g/mol. The molecule has 4 rings (SSSR count). The third-order valence-electron chi connectivity index (χ3n) is 4.42. The van der Waals surface area contributed by atoms with Crippen molar-refractivity contribution in [3.63, 3.8) is 0 Å². The number of nitrogens with zero attached hydrogens (tertiary/aromatic N) is 5. The van der Waals surface area contributed by atoms with Gasteiger partial charge in [0.05, 0.1) is 6.42 Å². The van der Waals surface area contributed by atoms with E-state index in [1.54, 1.807) is 10.6 Å². The van der Waals surface area contributed by atoms with Gasteiger partial charge in [0.15, 0.2) is 11.5 Å². The highest BCUT2D eigenvalue weighted by atomic mass is 16.5. The zero-order chi connectivity index (χ0) is 19.7. The molecule has 0 atom stereocenters. The number of aryl methyl sites for hydroxylation is 1. The number of carbonyl (C=O) groups is 1. The first-order chi connectivity index (χ1) is 13.5. The van der Waals surface area contributed by atoms with Gasteiger partial charge in [0.2, 0.25) is 5.91 Å². The van der Waals surface area contributed by atoms with Crippen LogP contribution in [0.25, 0.3) is 17.1 Å². The van der Waals surface area contributed by atoms with E-state index in [2.05, 4.69) is 25.7 Å². The summed E-state index contributed by atoms with van der Waals surface area (Å²) in [7, 11) is 0. The molecule has 0 bridgehead atoms. The Morgan fingerprint density at radius 3 is 2.79 bits per heavy atom. The zero-order valence-corrected chi connectivity index (χ0v) is 15.9. The van der Waals surface area contributed by atoms with E-state index in [1.165, 1.54) is 0 Å². The van der Waals surface area contributed by atoms with Crippen LogP contribution in [0, 0.1) is 6.92 Å². The summed E-state index contributed by atoms with van der Waals surface area (Å²) < 4.78 is 7.11. The Labute approximate surface area is 161 Å². The fourth-order valence-corrected chi connectivity index (χ4v) is 2.83. The lowest BCUT2D eigenvalue weighted by molar-refractivity contribution is -0.115. The highest BCUT2D eigenvalue weighted by molar-refractivity contribution is 5.92. The van der Waals surface area contributed by atoms with Crippen molar-refractivity contribution in [2.45, 2.75) is 33.1 Å². The second kappa shape index (κ2) is 7.22. The Kier molecular flexibility index (Phi) is 4.60. The minimum Gasteiger partial charge on any atom is -0.334 e. The topological polar surface area (TPSA) is 98.2 Å². The highest BCUT2D eigenvalue weighted by Gasteiger charge is 2.15. The van der Waals surface area contributed by atoms with Crippen molar-refractivity contribution in [2.75, 3.05) is 5.32 Å². The summed E-state index contributed by atoms with van der Waals surface area (Å²) in [6, 6.07) is 11.3. The third kappa shape index (κ3) is 3.48. The van der Waals surface area contributed by atoms with E-state index in [0.717, 1.165) is 16.8 Å². The van der Waals surface area contributed by atoms with Gasteiger partial charge in [0, 0.05) is 23.4 Å². The Bertz CT molecular complexity index is 1140. The lowest BCUT2D eigenvalue weighted by Gasteiger charge is -2.07. The quantitative estimate of drug-likeness (QED) is 0.573. The standard InChI is InChI=1S/C20H20N6O2/c1-12(2)19-22-20(28-25-19)14-8-9-26-16(10-14)23-24-17(26)11-18(27)21-15-7-5-4-6-13(15)3/h4-10,12H,11H2,1-3H3,(H,21,27). The molecule has 1 N–H and O–H groups in total. The molecule has 0 fully saturated rings. The van der Waals surface area contributed by atoms with Gasteiger partial charge >= 0.3 is 0 Å². The van der Waals surface area contributed by atoms with Gasteiger partial charge in [0.25, 0.3) is 5.89 Å². The Morgan fingerprint density at radius 1 is 1.21 bits per heavy atom. The minimum absolute atomic E-state index is 0.118.